The summed E-state index contributed by atoms with van der Waals surface area (Å²) in [6.07, 6.45) is 3.26. The predicted octanol–water partition coefficient (Wildman–Crippen LogP) is 3.62. The van der Waals surface area contributed by atoms with Gasteiger partial charge < -0.3 is 10.6 Å². The summed E-state index contributed by atoms with van der Waals surface area (Å²) in [7, 11) is 0. The third kappa shape index (κ3) is 5.93. The number of hydrogen-bond donors (Lipinski definition) is 2. The van der Waals surface area contributed by atoms with Crippen molar-refractivity contribution in [2.75, 3.05) is 11.9 Å². The van der Waals surface area contributed by atoms with Crippen LogP contribution in [0.5, 0.6) is 0 Å². The lowest BCUT2D eigenvalue weighted by atomic mass is 10.1. The van der Waals surface area contributed by atoms with Crippen molar-refractivity contribution in [3.05, 3.63) is 75.9 Å². The fourth-order valence-corrected chi connectivity index (χ4v) is 4.33. The first-order valence-corrected chi connectivity index (χ1v) is 11.9. The second kappa shape index (κ2) is 10.8. The Balaban J connectivity index is 1.31. The topological polar surface area (TPSA) is 106 Å². The Hall–Kier alpha value is -3.85. The molecule has 0 fully saturated rings. The van der Waals surface area contributed by atoms with E-state index < -0.39 is 0 Å². The summed E-state index contributed by atoms with van der Waals surface area (Å²) >= 11 is 1.38. The van der Waals surface area contributed by atoms with Crippen LogP contribution in [0.1, 0.15) is 25.3 Å². The molecule has 2 aromatic carbocycles. The summed E-state index contributed by atoms with van der Waals surface area (Å²) in [5.74, 6) is -0.177. The minimum Gasteiger partial charge on any atom is -0.356 e. The summed E-state index contributed by atoms with van der Waals surface area (Å²) in [5, 5.41) is 12.8. The third-order valence-corrected chi connectivity index (χ3v) is 6.09. The molecule has 0 unspecified atom stereocenters. The lowest BCUT2D eigenvalue weighted by Gasteiger charge is -2.08. The highest BCUT2D eigenvalue weighted by molar-refractivity contribution is 7.14. The van der Waals surface area contributed by atoms with Crippen LogP contribution in [0.2, 0.25) is 0 Å². The number of fused-ring (bicyclic) bond motifs is 1. The smallest absolute Gasteiger partial charge is 0.228 e. The molecule has 4 aromatic rings. The number of aryl methyl sites for hydroxylation is 2. The average Bonchev–Trinajstić information content (AvgIpc) is 3.30. The molecule has 0 saturated heterocycles. The van der Waals surface area contributed by atoms with Crippen LogP contribution in [0.4, 0.5) is 5.13 Å². The molecule has 0 aliphatic carbocycles. The van der Waals surface area contributed by atoms with Crippen molar-refractivity contribution >= 4 is 39.2 Å². The van der Waals surface area contributed by atoms with Crippen molar-refractivity contribution in [1.82, 2.24) is 20.1 Å². The highest BCUT2D eigenvalue weighted by atomic mass is 32.1. The van der Waals surface area contributed by atoms with Gasteiger partial charge >= 0.3 is 0 Å². The summed E-state index contributed by atoms with van der Waals surface area (Å²) in [6, 6.07) is 15.4. The number of nitrogens with one attached hydrogen (secondary N) is 2. The summed E-state index contributed by atoms with van der Waals surface area (Å²) in [5.41, 5.74) is 3.55. The lowest BCUT2D eigenvalue weighted by molar-refractivity contribution is -0.119. The first-order chi connectivity index (χ1) is 16.5. The van der Waals surface area contributed by atoms with Crippen molar-refractivity contribution in [2.24, 2.45) is 0 Å². The number of benzene rings is 2. The van der Waals surface area contributed by atoms with Crippen LogP contribution in [0.15, 0.2) is 64.9 Å². The molecule has 2 amide bonds. The first-order valence-electron chi connectivity index (χ1n) is 11.0. The van der Waals surface area contributed by atoms with Gasteiger partial charge in [-0.3, -0.25) is 19.1 Å². The Morgan fingerprint density at radius 3 is 2.68 bits per heavy atom. The maximum absolute atomic E-state index is 12.5. The van der Waals surface area contributed by atoms with Gasteiger partial charge in [-0.25, -0.2) is 4.98 Å². The standard InChI is InChI=1S/C25H25N5O3S/c1-17(31)26-13-4-5-18-8-10-19(11-9-18)21-16-34-25(28-21)29-24(33)12-14-30-22-7-3-2-6-20(22)23(32)15-27-30/h2-3,6-11,15-16H,4-5,12-14H2,1H3,(H,26,31)(H,28,29,33). The molecule has 0 atom stereocenters. The zero-order chi connectivity index (χ0) is 23.9. The lowest BCUT2D eigenvalue weighted by Crippen LogP contribution is -2.21. The second-order valence-electron chi connectivity index (χ2n) is 7.87. The number of aromatic nitrogens is 3. The van der Waals surface area contributed by atoms with E-state index in [1.807, 2.05) is 35.7 Å². The Kier molecular flexibility index (Phi) is 7.44. The van der Waals surface area contributed by atoms with Gasteiger partial charge in [0.15, 0.2) is 5.13 Å². The molecule has 0 saturated carbocycles. The van der Waals surface area contributed by atoms with Gasteiger partial charge in [-0.2, -0.15) is 5.10 Å². The van der Waals surface area contributed by atoms with Crippen LogP contribution in [0.3, 0.4) is 0 Å². The van der Waals surface area contributed by atoms with E-state index in [4.69, 9.17) is 0 Å². The highest BCUT2D eigenvalue weighted by Crippen LogP contribution is 2.25. The number of hydrogen-bond acceptors (Lipinski definition) is 6. The van der Waals surface area contributed by atoms with E-state index in [0.29, 0.717) is 29.1 Å². The van der Waals surface area contributed by atoms with Crippen LogP contribution < -0.4 is 16.1 Å². The second-order valence-corrected chi connectivity index (χ2v) is 8.73. The van der Waals surface area contributed by atoms with Gasteiger partial charge in [0.2, 0.25) is 17.2 Å². The van der Waals surface area contributed by atoms with E-state index in [-0.39, 0.29) is 23.7 Å². The molecule has 4 rings (SSSR count). The number of amides is 2. The number of anilines is 1. The molecular formula is C25H25N5O3S. The molecule has 0 spiro atoms. The van der Waals surface area contributed by atoms with E-state index in [0.717, 1.165) is 24.1 Å². The van der Waals surface area contributed by atoms with Crippen molar-refractivity contribution in [1.29, 1.82) is 0 Å². The SMILES string of the molecule is CC(=O)NCCCc1ccc(-c2csc(NC(=O)CCn3ncc(=O)c4ccccc43)n2)cc1. The molecule has 0 aliphatic heterocycles. The Morgan fingerprint density at radius 1 is 1.09 bits per heavy atom. The van der Waals surface area contributed by atoms with E-state index in [1.165, 1.54) is 30.0 Å². The van der Waals surface area contributed by atoms with E-state index in [1.54, 1.807) is 10.7 Å². The van der Waals surface area contributed by atoms with Crippen LogP contribution in [-0.4, -0.2) is 33.1 Å². The molecule has 8 nitrogen and oxygen atoms in total. The molecule has 0 radical (unpaired) electrons. The van der Waals surface area contributed by atoms with Gasteiger partial charge in [-0.05, 0) is 30.5 Å². The maximum atomic E-state index is 12.5. The monoisotopic (exact) mass is 475 g/mol. The van der Waals surface area contributed by atoms with Gasteiger partial charge in [0.05, 0.1) is 24.0 Å². The van der Waals surface area contributed by atoms with E-state index in [9.17, 15) is 14.4 Å². The van der Waals surface area contributed by atoms with Gasteiger partial charge in [-0.15, -0.1) is 11.3 Å². The van der Waals surface area contributed by atoms with Crippen LogP contribution in [0.25, 0.3) is 22.2 Å². The molecule has 0 aliphatic rings. The van der Waals surface area contributed by atoms with Gasteiger partial charge in [0.1, 0.15) is 0 Å². The van der Waals surface area contributed by atoms with E-state index in [2.05, 4.69) is 32.8 Å². The van der Waals surface area contributed by atoms with Crippen LogP contribution in [-0.2, 0) is 22.6 Å². The number of rotatable bonds is 9. The molecular weight excluding hydrogens is 450 g/mol. The Bertz CT molecular complexity index is 1360. The molecule has 174 valence electrons. The van der Waals surface area contributed by atoms with Crippen LogP contribution >= 0.6 is 11.3 Å². The fourth-order valence-electron chi connectivity index (χ4n) is 3.59. The highest BCUT2D eigenvalue weighted by Gasteiger charge is 2.10. The largest absolute Gasteiger partial charge is 0.356 e. The Labute approximate surface area is 200 Å². The third-order valence-electron chi connectivity index (χ3n) is 5.33. The number of para-hydroxylation sites is 1. The Morgan fingerprint density at radius 2 is 1.88 bits per heavy atom. The summed E-state index contributed by atoms with van der Waals surface area (Å²) < 4.78 is 1.67. The van der Waals surface area contributed by atoms with Crippen molar-refractivity contribution in [3.8, 4) is 11.3 Å². The fraction of sp³-hybridized carbons (Fsp3) is 0.240. The number of nitrogens with zero attached hydrogens (tertiary/aromatic N) is 3. The van der Waals surface area contributed by atoms with Crippen LogP contribution in [0, 0.1) is 0 Å². The average molecular weight is 476 g/mol. The summed E-state index contributed by atoms with van der Waals surface area (Å²) in [6.45, 7) is 2.54. The zero-order valence-electron chi connectivity index (χ0n) is 18.8. The maximum Gasteiger partial charge on any atom is 0.228 e. The number of carbonyl (C=O) groups excluding carboxylic acids is 2. The van der Waals surface area contributed by atoms with Gasteiger partial charge in [0.25, 0.3) is 0 Å². The number of thiazole rings is 1. The normalized spacial score (nSPS) is 10.9. The molecule has 9 heteroatoms. The molecule has 2 aromatic heterocycles. The molecule has 34 heavy (non-hydrogen) atoms. The van der Waals surface area contributed by atoms with E-state index >= 15 is 0 Å². The van der Waals surface area contributed by atoms with Crippen molar-refractivity contribution in [2.45, 2.75) is 32.7 Å². The molecule has 2 heterocycles. The molecule has 2 N–H and O–H groups in total. The predicted molar refractivity (Wildman–Crippen MR) is 134 cm³/mol. The molecule has 0 bridgehead atoms. The summed E-state index contributed by atoms with van der Waals surface area (Å²) in [4.78, 5) is 39.9. The van der Waals surface area contributed by atoms with Crippen molar-refractivity contribution in [3.63, 3.8) is 0 Å². The quantitative estimate of drug-likeness (QED) is 0.360. The first kappa shape index (κ1) is 23.3. The number of carbonyl (C=O) groups is 2. The minimum atomic E-state index is -0.167. The minimum absolute atomic E-state index is 0.0106. The van der Waals surface area contributed by atoms with Crippen molar-refractivity contribution < 1.29 is 9.59 Å². The van der Waals surface area contributed by atoms with Gasteiger partial charge in [0, 0.05) is 36.2 Å². The zero-order valence-corrected chi connectivity index (χ0v) is 19.6. The van der Waals surface area contributed by atoms with Gasteiger partial charge in [-0.1, -0.05) is 36.4 Å².